The van der Waals surface area contributed by atoms with Crippen molar-refractivity contribution in [3.05, 3.63) is 71.4 Å². The summed E-state index contributed by atoms with van der Waals surface area (Å²) in [6, 6.07) is 19.1. The molecule has 5 rings (SSSR count). The molecule has 8 nitrogen and oxygen atoms in total. The van der Waals surface area contributed by atoms with Gasteiger partial charge >= 0.3 is 0 Å². The maximum atomic E-state index is 5.86. The zero-order valence-electron chi connectivity index (χ0n) is 18.2. The van der Waals surface area contributed by atoms with Gasteiger partial charge in [0.25, 0.3) is 6.01 Å². The topological polar surface area (TPSA) is 94.4 Å². The number of ether oxygens (including phenoxy) is 1. The van der Waals surface area contributed by atoms with Crippen molar-refractivity contribution in [1.29, 1.82) is 0 Å². The molecule has 0 radical (unpaired) electrons. The number of aryl methyl sites for hydroxylation is 2. The predicted octanol–water partition coefficient (Wildman–Crippen LogP) is 4.34. The molecule has 0 atom stereocenters. The Balaban J connectivity index is 1.63. The molecule has 8 heteroatoms. The summed E-state index contributed by atoms with van der Waals surface area (Å²) in [6.07, 6.45) is 0. The summed E-state index contributed by atoms with van der Waals surface area (Å²) in [5, 5.41) is 14.8. The number of hydrogen-bond donors (Lipinski definition) is 1. The van der Waals surface area contributed by atoms with Gasteiger partial charge in [-0.2, -0.15) is 10.2 Å². The third-order valence-corrected chi connectivity index (χ3v) is 5.36. The molecule has 32 heavy (non-hydrogen) atoms. The number of fused-ring (bicyclic) bond motifs is 1. The minimum atomic E-state index is 0.530. The number of rotatable bonds is 6. The second kappa shape index (κ2) is 8.22. The van der Waals surface area contributed by atoms with Crippen molar-refractivity contribution in [2.24, 2.45) is 0 Å². The smallest absolute Gasteiger partial charge is 0.298 e. The van der Waals surface area contributed by atoms with Gasteiger partial charge in [0.05, 0.1) is 13.2 Å². The van der Waals surface area contributed by atoms with Crippen LogP contribution in [0.3, 0.4) is 0 Å². The van der Waals surface area contributed by atoms with E-state index < -0.39 is 0 Å². The van der Waals surface area contributed by atoms with Gasteiger partial charge in [-0.25, -0.2) is 4.98 Å². The highest BCUT2D eigenvalue weighted by molar-refractivity contribution is 5.81. The highest BCUT2D eigenvalue weighted by Gasteiger charge is 2.18. The molecule has 0 spiro atoms. The van der Waals surface area contributed by atoms with Crippen LogP contribution >= 0.6 is 0 Å². The van der Waals surface area contributed by atoms with Gasteiger partial charge in [0, 0.05) is 11.3 Å². The Hall–Kier alpha value is -4.07. The van der Waals surface area contributed by atoms with E-state index in [9.17, 15) is 0 Å². The van der Waals surface area contributed by atoms with Gasteiger partial charge < -0.3 is 4.74 Å². The second-order valence-corrected chi connectivity index (χ2v) is 7.65. The third kappa shape index (κ3) is 3.60. The fourth-order valence-electron chi connectivity index (χ4n) is 3.97. The average Bonchev–Trinajstić information content (AvgIpc) is 3.44. The molecule has 160 valence electrons. The molecule has 0 saturated heterocycles. The number of tetrazole rings is 1. The van der Waals surface area contributed by atoms with Crippen molar-refractivity contribution >= 4 is 11.2 Å². The van der Waals surface area contributed by atoms with Gasteiger partial charge in [-0.15, -0.1) is 10.2 Å². The van der Waals surface area contributed by atoms with E-state index in [1.54, 1.807) is 0 Å². The van der Waals surface area contributed by atoms with E-state index in [0.29, 0.717) is 25.0 Å². The lowest BCUT2D eigenvalue weighted by molar-refractivity contribution is 0.301. The molecular formula is C24H23N7O. The third-order valence-electron chi connectivity index (χ3n) is 5.36. The Morgan fingerprint density at radius 1 is 0.969 bits per heavy atom. The van der Waals surface area contributed by atoms with E-state index in [-0.39, 0.29) is 0 Å². The van der Waals surface area contributed by atoms with Crippen molar-refractivity contribution in [2.45, 2.75) is 27.3 Å². The number of aromatic amines is 1. The van der Waals surface area contributed by atoms with Gasteiger partial charge in [0.2, 0.25) is 5.82 Å². The van der Waals surface area contributed by atoms with Crippen molar-refractivity contribution in [3.63, 3.8) is 0 Å². The number of nitrogens with one attached hydrogen (secondary N) is 1. The fraction of sp³-hybridized carbons (Fsp3) is 0.208. The summed E-state index contributed by atoms with van der Waals surface area (Å²) < 4.78 is 7.88. The standard InChI is InChI=1S/C24H23N7O/c1-4-32-24-26-21-15(2)12-16(3)25-23(21)31(24)14-17-10-11-19(18-8-6-5-7-9-18)20(13-17)22-27-29-30-28-22/h5-13H,4,14H2,1-3H3,(H,27,28,29,30). The normalized spacial score (nSPS) is 11.2. The lowest BCUT2D eigenvalue weighted by Crippen LogP contribution is -2.06. The molecular weight excluding hydrogens is 402 g/mol. The van der Waals surface area contributed by atoms with Crippen LogP contribution in [-0.2, 0) is 6.54 Å². The molecule has 5 aromatic rings. The quantitative estimate of drug-likeness (QED) is 0.435. The van der Waals surface area contributed by atoms with Gasteiger partial charge in [-0.3, -0.25) is 4.57 Å². The number of nitrogens with zero attached hydrogens (tertiary/aromatic N) is 6. The van der Waals surface area contributed by atoms with Crippen molar-refractivity contribution in [2.75, 3.05) is 6.61 Å². The first-order chi connectivity index (χ1) is 15.6. The van der Waals surface area contributed by atoms with Crippen LogP contribution in [0, 0.1) is 13.8 Å². The summed E-state index contributed by atoms with van der Waals surface area (Å²) in [4.78, 5) is 9.47. The maximum absolute atomic E-state index is 5.86. The molecule has 0 aliphatic carbocycles. The first kappa shape index (κ1) is 19.9. The van der Waals surface area contributed by atoms with E-state index in [0.717, 1.165) is 44.7 Å². The number of imidazole rings is 1. The number of benzene rings is 2. The van der Waals surface area contributed by atoms with Crippen molar-refractivity contribution in [1.82, 2.24) is 35.2 Å². The zero-order valence-corrected chi connectivity index (χ0v) is 18.2. The van der Waals surface area contributed by atoms with E-state index >= 15 is 0 Å². The first-order valence-corrected chi connectivity index (χ1v) is 10.5. The Kier molecular flexibility index (Phi) is 5.10. The molecule has 0 amide bonds. The SMILES string of the molecule is CCOc1nc2c(C)cc(C)nc2n1Cc1ccc(-c2ccccc2)c(-c2nn[nH]n2)c1. The van der Waals surface area contributed by atoms with Crippen molar-refractivity contribution in [3.8, 4) is 28.5 Å². The Labute approximate surface area is 185 Å². The zero-order chi connectivity index (χ0) is 22.1. The number of aromatic nitrogens is 7. The van der Waals surface area contributed by atoms with Crippen LogP contribution in [0.4, 0.5) is 0 Å². The Morgan fingerprint density at radius 2 is 1.81 bits per heavy atom. The highest BCUT2D eigenvalue weighted by Crippen LogP contribution is 2.32. The lowest BCUT2D eigenvalue weighted by atomic mass is 9.97. The van der Waals surface area contributed by atoms with E-state index in [2.05, 4.69) is 51.0 Å². The summed E-state index contributed by atoms with van der Waals surface area (Å²) in [5.41, 5.74) is 7.81. The highest BCUT2D eigenvalue weighted by atomic mass is 16.5. The van der Waals surface area contributed by atoms with Crippen LogP contribution in [0.1, 0.15) is 23.7 Å². The van der Waals surface area contributed by atoms with Gasteiger partial charge in [-0.1, -0.05) is 42.5 Å². The van der Waals surface area contributed by atoms with Crippen LogP contribution in [0.25, 0.3) is 33.7 Å². The Morgan fingerprint density at radius 3 is 2.56 bits per heavy atom. The van der Waals surface area contributed by atoms with Crippen LogP contribution in [0.15, 0.2) is 54.6 Å². The van der Waals surface area contributed by atoms with Crippen LogP contribution < -0.4 is 4.74 Å². The van der Waals surface area contributed by atoms with E-state index in [1.807, 2.05) is 49.6 Å². The van der Waals surface area contributed by atoms with Gasteiger partial charge in [-0.05, 0) is 60.4 Å². The van der Waals surface area contributed by atoms with Gasteiger partial charge in [0.1, 0.15) is 5.52 Å². The molecule has 0 aliphatic heterocycles. The molecule has 3 heterocycles. The first-order valence-electron chi connectivity index (χ1n) is 10.5. The largest absolute Gasteiger partial charge is 0.465 e. The Bertz CT molecular complexity index is 1380. The van der Waals surface area contributed by atoms with Crippen LogP contribution in [0.5, 0.6) is 6.01 Å². The van der Waals surface area contributed by atoms with E-state index in [4.69, 9.17) is 14.7 Å². The summed E-state index contributed by atoms with van der Waals surface area (Å²) in [5.74, 6) is 0.552. The second-order valence-electron chi connectivity index (χ2n) is 7.65. The predicted molar refractivity (Wildman–Crippen MR) is 122 cm³/mol. The number of hydrogen-bond acceptors (Lipinski definition) is 6. The number of pyridine rings is 1. The van der Waals surface area contributed by atoms with Gasteiger partial charge in [0.15, 0.2) is 5.65 Å². The summed E-state index contributed by atoms with van der Waals surface area (Å²) >= 11 is 0. The van der Waals surface area contributed by atoms with Crippen molar-refractivity contribution < 1.29 is 4.74 Å². The molecule has 0 unspecified atom stereocenters. The molecule has 3 aromatic heterocycles. The summed E-state index contributed by atoms with van der Waals surface area (Å²) in [6.45, 7) is 7.09. The monoisotopic (exact) mass is 425 g/mol. The summed E-state index contributed by atoms with van der Waals surface area (Å²) in [7, 11) is 0. The number of H-pyrrole nitrogens is 1. The molecule has 0 aliphatic rings. The molecule has 1 N–H and O–H groups in total. The maximum Gasteiger partial charge on any atom is 0.298 e. The van der Waals surface area contributed by atoms with E-state index in [1.165, 1.54) is 0 Å². The van der Waals surface area contributed by atoms with Crippen LogP contribution in [-0.4, -0.2) is 41.8 Å². The lowest BCUT2D eigenvalue weighted by Gasteiger charge is -2.12. The molecule has 2 aromatic carbocycles. The molecule has 0 saturated carbocycles. The minimum absolute atomic E-state index is 0.530. The molecule has 0 fully saturated rings. The molecule has 0 bridgehead atoms. The average molecular weight is 425 g/mol. The minimum Gasteiger partial charge on any atom is -0.465 e. The van der Waals surface area contributed by atoms with Crippen LogP contribution in [0.2, 0.25) is 0 Å². The fourth-order valence-corrected chi connectivity index (χ4v) is 3.97.